The van der Waals surface area contributed by atoms with Crippen molar-refractivity contribution >= 4 is 0 Å². The second-order valence-corrected chi connectivity index (χ2v) is 7.29. The Morgan fingerprint density at radius 2 is 2.11 bits per heavy atom. The average molecular weight is 243 g/mol. The fourth-order valence-electron chi connectivity index (χ4n) is 5.18. The second kappa shape index (κ2) is 3.72. The van der Waals surface area contributed by atoms with E-state index < -0.39 is 0 Å². The van der Waals surface area contributed by atoms with Crippen molar-refractivity contribution in [2.75, 3.05) is 6.54 Å². The van der Waals surface area contributed by atoms with E-state index in [-0.39, 0.29) is 0 Å². The lowest BCUT2D eigenvalue weighted by molar-refractivity contribution is -0.0159. The summed E-state index contributed by atoms with van der Waals surface area (Å²) in [6.07, 6.45) is 10.9. The van der Waals surface area contributed by atoms with Crippen molar-refractivity contribution in [2.24, 2.45) is 17.8 Å². The number of nitrogens with one attached hydrogen (secondary N) is 1. The minimum absolute atomic E-state index is 0.500. The molecular formula is C17H25N. The summed E-state index contributed by atoms with van der Waals surface area (Å²) < 4.78 is 0. The van der Waals surface area contributed by atoms with Crippen LogP contribution < -0.4 is 5.32 Å². The van der Waals surface area contributed by atoms with Gasteiger partial charge >= 0.3 is 0 Å². The average Bonchev–Trinajstić information content (AvgIpc) is 2.34. The van der Waals surface area contributed by atoms with Crippen LogP contribution in [0.2, 0.25) is 0 Å². The number of hydrogen-bond donors (Lipinski definition) is 1. The topological polar surface area (TPSA) is 12.0 Å². The lowest BCUT2D eigenvalue weighted by Crippen LogP contribution is -2.68. The van der Waals surface area contributed by atoms with Crippen molar-refractivity contribution in [3.8, 4) is 0 Å². The van der Waals surface area contributed by atoms with Crippen LogP contribution >= 0.6 is 0 Å². The van der Waals surface area contributed by atoms with Crippen molar-refractivity contribution < 1.29 is 0 Å². The number of hydrogen-bond acceptors (Lipinski definition) is 1. The van der Waals surface area contributed by atoms with Crippen LogP contribution in [0.4, 0.5) is 0 Å². The molecule has 18 heavy (non-hydrogen) atoms. The third-order valence-electron chi connectivity index (χ3n) is 6.37. The molecule has 2 fully saturated rings. The highest BCUT2D eigenvalue weighted by Crippen LogP contribution is 2.54. The number of rotatable bonds is 0. The van der Waals surface area contributed by atoms with Gasteiger partial charge in [-0.2, -0.15) is 0 Å². The van der Waals surface area contributed by atoms with E-state index in [1.807, 2.05) is 5.57 Å². The summed E-state index contributed by atoms with van der Waals surface area (Å²) in [5.74, 6) is 2.91. The first kappa shape index (κ1) is 11.3. The van der Waals surface area contributed by atoms with E-state index in [0.29, 0.717) is 5.54 Å². The fraction of sp³-hybridized carbons (Fsp3) is 0.765. The van der Waals surface area contributed by atoms with E-state index in [9.17, 15) is 0 Å². The maximum atomic E-state index is 3.71. The molecule has 1 saturated carbocycles. The van der Waals surface area contributed by atoms with Crippen molar-refractivity contribution in [2.45, 2.75) is 57.9 Å². The minimum Gasteiger partial charge on any atom is -0.311 e. The monoisotopic (exact) mass is 243 g/mol. The molecule has 3 aliphatic carbocycles. The van der Waals surface area contributed by atoms with E-state index in [1.165, 1.54) is 45.1 Å². The van der Waals surface area contributed by atoms with Crippen LogP contribution in [0.1, 0.15) is 52.4 Å². The van der Waals surface area contributed by atoms with Crippen LogP contribution in [-0.4, -0.2) is 12.1 Å². The van der Waals surface area contributed by atoms with Gasteiger partial charge in [0.15, 0.2) is 0 Å². The lowest BCUT2D eigenvalue weighted by Gasteiger charge is -2.59. The molecule has 0 aromatic heterocycles. The molecular weight excluding hydrogens is 218 g/mol. The number of fused-ring (bicyclic) bond motifs is 4. The summed E-state index contributed by atoms with van der Waals surface area (Å²) in [7, 11) is 0. The van der Waals surface area contributed by atoms with E-state index in [4.69, 9.17) is 0 Å². The van der Waals surface area contributed by atoms with Crippen LogP contribution in [-0.2, 0) is 0 Å². The van der Waals surface area contributed by atoms with Gasteiger partial charge in [0.25, 0.3) is 0 Å². The summed E-state index contributed by atoms with van der Waals surface area (Å²) in [6.45, 7) is 6.06. The van der Waals surface area contributed by atoms with Gasteiger partial charge in [-0.25, -0.2) is 0 Å². The summed E-state index contributed by atoms with van der Waals surface area (Å²) in [4.78, 5) is 0. The predicted octanol–water partition coefficient (Wildman–Crippen LogP) is 3.82. The molecule has 4 atom stereocenters. The number of allylic oxidation sites excluding steroid dienone is 4. The first-order chi connectivity index (χ1) is 8.67. The molecule has 0 spiro atoms. The Morgan fingerprint density at radius 3 is 2.89 bits per heavy atom. The Kier molecular flexibility index (Phi) is 2.33. The molecule has 0 radical (unpaired) electrons. The van der Waals surface area contributed by atoms with E-state index in [2.05, 4.69) is 25.2 Å². The molecule has 0 bridgehead atoms. The molecule has 98 valence electrons. The van der Waals surface area contributed by atoms with Crippen molar-refractivity contribution in [1.82, 2.24) is 5.32 Å². The van der Waals surface area contributed by atoms with Gasteiger partial charge < -0.3 is 5.32 Å². The standard InChI is InChI=1S/C17H25N/c1-11-3-5-13-12(9-11)4-6-15-14(13)7-8-17(2)16(15)10-18-17/h9,14-16,18H,3-8,10H2,1-2H3. The van der Waals surface area contributed by atoms with Gasteiger partial charge in [0.2, 0.25) is 0 Å². The molecule has 1 heteroatoms. The van der Waals surface area contributed by atoms with Crippen molar-refractivity contribution in [1.29, 1.82) is 0 Å². The lowest BCUT2D eigenvalue weighted by atomic mass is 9.53. The molecule has 0 amide bonds. The van der Waals surface area contributed by atoms with Gasteiger partial charge in [0, 0.05) is 12.1 Å². The van der Waals surface area contributed by atoms with Gasteiger partial charge in [-0.05, 0) is 75.7 Å². The van der Waals surface area contributed by atoms with Crippen LogP contribution in [0.25, 0.3) is 0 Å². The first-order valence-corrected chi connectivity index (χ1v) is 7.81. The molecule has 1 aliphatic heterocycles. The molecule has 0 aromatic rings. The van der Waals surface area contributed by atoms with Gasteiger partial charge in [0.1, 0.15) is 0 Å². The Hall–Kier alpha value is -0.560. The molecule has 0 aromatic carbocycles. The molecule has 1 N–H and O–H groups in total. The third kappa shape index (κ3) is 1.43. The van der Waals surface area contributed by atoms with Gasteiger partial charge in [-0.1, -0.05) is 17.2 Å². The summed E-state index contributed by atoms with van der Waals surface area (Å²) in [5.41, 5.74) is 5.71. The zero-order valence-electron chi connectivity index (χ0n) is 11.8. The minimum atomic E-state index is 0.500. The zero-order chi connectivity index (χ0) is 12.3. The maximum Gasteiger partial charge on any atom is 0.0196 e. The van der Waals surface area contributed by atoms with Crippen LogP contribution in [0.3, 0.4) is 0 Å². The molecule has 1 nitrogen and oxygen atoms in total. The van der Waals surface area contributed by atoms with E-state index >= 15 is 0 Å². The molecule has 1 heterocycles. The molecule has 4 aliphatic rings. The van der Waals surface area contributed by atoms with Crippen molar-refractivity contribution in [3.05, 3.63) is 22.8 Å². The van der Waals surface area contributed by atoms with Crippen LogP contribution in [0, 0.1) is 17.8 Å². The predicted molar refractivity (Wildman–Crippen MR) is 75.4 cm³/mol. The van der Waals surface area contributed by atoms with Crippen molar-refractivity contribution in [3.63, 3.8) is 0 Å². The summed E-state index contributed by atoms with van der Waals surface area (Å²) in [6, 6.07) is 0. The normalized spacial score (nSPS) is 46.6. The summed E-state index contributed by atoms with van der Waals surface area (Å²) in [5, 5.41) is 3.71. The highest BCUT2D eigenvalue weighted by atomic mass is 15.1. The molecule has 4 unspecified atom stereocenters. The zero-order valence-corrected chi connectivity index (χ0v) is 11.8. The first-order valence-electron chi connectivity index (χ1n) is 7.81. The Balaban J connectivity index is 1.67. The smallest absolute Gasteiger partial charge is 0.0196 e. The largest absolute Gasteiger partial charge is 0.311 e. The fourth-order valence-corrected chi connectivity index (χ4v) is 5.18. The third-order valence-corrected chi connectivity index (χ3v) is 6.37. The SMILES string of the molecule is CC1=CC2=C(CC1)C1CCC3(C)NCC3C1CC2. The van der Waals surface area contributed by atoms with E-state index in [0.717, 1.165) is 17.8 Å². The highest BCUT2D eigenvalue weighted by Gasteiger charge is 2.53. The Morgan fingerprint density at radius 1 is 1.22 bits per heavy atom. The molecule has 4 rings (SSSR count). The van der Waals surface area contributed by atoms with Gasteiger partial charge in [0.05, 0.1) is 0 Å². The second-order valence-electron chi connectivity index (χ2n) is 7.29. The van der Waals surface area contributed by atoms with E-state index in [1.54, 1.807) is 11.1 Å². The van der Waals surface area contributed by atoms with Gasteiger partial charge in [-0.15, -0.1) is 0 Å². The Labute approximate surface area is 111 Å². The highest BCUT2D eigenvalue weighted by molar-refractivity contribution is 5.37. The maximum absolute atomic E-state index is 3.71. The summed E-state index contributed by atoms with van der Waals surface area (Å²) >= 11 is 0. The van der Waals surface area contributed by atoms with Gasteiger partial charge in [-0.3, -0.25) is 0 Å². The Bertz CT molecular complexity index is 445. The molecule has 1 saturated heterocycles. The van der Waals surface area contributed by atoms with Crippen LogP contribution in [0.15, 0.2) is 22.8 Å². The quantitative estimate of drug-likeness (QED) is 0.682. The van der Waals surface area contributed by atoms with Crippen LogP contribution in [0.5, 0.6) is 0 Å².